The molecule has 0 atom stereocenters. The van der Waals surface area contributed by atoms with Crippen LogP contribution in [0, 0.1) is 5.82 Å². The zero-order valence-corrected chi connectivity index (χ0v) is 17.6. The van der Waals surface area contributed by atoms with E-state index in [4.69, 9.17) is 4.74 Å². The van der Waals surface area contributed by atoms with Crippen LogP contribution in [0.15, 0.2) is 53.8 Å². The fourth-order valence-corrected chi connectivity index (χ4v) is 4.59. The van der Waals surface area contributed by atoms with Gasteiger partial charge in [0.2, 0.25) is 0 Å². The van der Waals surface area contributed by atoms with Gasteiger partial charge in [-0.2, -0.15) is 0 Å². The molecule has 0 unspecified atom stereocenters. The van der Waals surface area contributed by atoms with E-state index in [1.54, 1.807) is 47.3 Å². The maximum Gasteiger partial charge on any atom is 0.175 e. The molecule has 2 aromatic carbocycles. The summed E-state index contributed by atoms with van der Waals surface area (Å²) >= 11 is 0. The predicted octanol–water partition coefficient (Wildman–Crippen LogP) is 3.05. The summed E-state index contributed by atoms with van der Waals surface area (Å²) in [7, 11) is -3.27. The van der Waals surface area contributed by atoms with E-state index < -0.39 is 9.84 Å². The molecule has 0 saturated heterocycles. The minimum atomic E-state index is -3.27. The van der Waals surface area contributed by atoms with Crippen molar-refractivity contribution in [2.75, 3.05) is 12.9 Å². The Morgan fingerprint density at radius 1 is 1.13 bits per heavy atom. The summed E-state index contributed by atoms with van der Waals surface area (Å²) in [6.45, 7) is 0.576. The van der Waals surface area contributed by atoms with Gasteiger partial charge in [-0.3, -0.25) is 4.40 Å². The Morgan fingerprint density at radius 3 is 2.71 bits per heavy atom. The molecule has 0 radical (unpaired) electrons. The third-order valence-electron chi connectivity index (χ3n) is 5.54. The van der Waals surface area contributed by atoms with Gasteiger partial charge in [-0.1, -0.05) is 12.1 Å². The van der Waals surface area contributed by atoms with Gasteiger partial charge in [-0.05, 0) is 41.8 Å². The molecular formula is C22H19FN4O3S. The largest absolute Gasteiger partial charge is 0.493 e. The van der Waals surface area contributed by atoms with Crippen LogP contribution < -0.4 is 4.74 Å². The summed E-state index contributed by atoms with van der Waals surface area (Å²) in [6, 6.07) is 9.71. The number of ether oxygens (including phenoxy) is 1. The average molecular weight is 438 g/mol. The molecule has 0 bridgehead atoms. The van der Waals surface area contributed by atoms with Gasteiger partial charge in [-0.25, -0.2) is 17.8 Å². The molecule has 5 rings (SSSR count). The Morgan fingerprint density at radius 2 is 1.94 bits per heavy atom. The highest BCUT2D eigenvalue weighted by Crippen LogP contribution is 2.31. The van der Waals surface area contributed by atoms with Crippen LogP contribution in [0.3, 0.4) is 0 Å². The number of halogens is 1. The second-order valence-electron chi connectivity index (χ2n) is 7.51. The molecule has 31 heavy (non-hydrogen) atoms. The maximum absolute atomic E-state index is 14.5. The molecule has 9 heteroatoms. The summed E-state index contributed by atoms with van der Waals surface area (Å²) in [4.78, 5) is 4.83. The Bertz CT molecular complexity index is 1400. The molecule has 0 spiro atoms. The van der Waals surface area contributed by atoms with Gasteiger partial charge in [0.25, 0.3) is 0 Å². The van der Waals surface area contributed by atoms with Gasteiger partial charge in [-0.15, -0.1) is 10.2 Å². The van der Waals surface area contributed by atoms with Crippen molar-refractivity contribution in [3.05, 3.63) is 71.7 Å². The first-order valence-corrected chi connectivity index (χ1v) is 11.7. The van der Waals surface area contributed by atoms with Crippen LogP contribution in [0.5, 0.6) is 5.75 Å². The highest BCUT2D eigenvalue weighted by atomic mass is 32.2. The Labute approximate surface area is 178 Å². The molecule has 0 N–H and O–H groups in total. The summed E-state index contributed by atoms with van der Waals surface area (Å²) in [6.07, 6.45) is 6.16. The van der Waals surface area contributed by atoms with E-state index in [2.05, 4.69) is 15.2 Å². The lowest BCUT2D eigenvalue weighted by Crippen LogP contribution is -2.06. The molecule has 3 heterocycles. The highest BCUT2D eigenvalue weighted by molar-refractivity contribution is 7.90. The van der Waals surface area contributed by atoms with Crippen molar-refractivity contribution in [2.45, 2.75) is 24.2 Å². The number of hydrogen-bond donors (Lipinski definition) is 0. The summed E-state index contributed by atoms with van der Waals surface area (Å²) in [5, 5.41) is 8.24. The van der Waals surface area contributed by atoms with Gasteiger partial charge in [0.05, 0.1) is 11.5 Å². The first-order chi connectivity index (χ1) is 14.9. The van der Waals surface area contributed by atoms with Gasteiger partial charge < -0.3 is 4.74 Å². The molecule has 0 fully saturated rings. The highest BCUT2D eigenvalue weighted by Gasteiger charge is 2.20. The van der Waals surface area contributed by atoms with Gasteiger partial charge in [0.15, 0.2) is 15.5 Å². The number of aromatic nitrogens is 4. The number of fused-ring (bicyclic) bond motifs is 2. The topological polar surface area (TPSA) is 86.5 Å². The van der Waals surface area contributed by atoms with Crippen molar-refractivity contribution in [1.29, 1.82) is 0 Å². The molecule has 1 aliphatic rings. The Hall–Kier alpha value is -3.33. The van der Waals surface area contributed by atoms with Crippen molar-refractivity contribution in [3.8, 4) is 16.9 Å². The Kier molecular flexibility index (Phi) is 4.70. The van der Waals surface area contributed by atoms with E-state index in [0.717, 1.165) is 22.4 Å². The molecule has 2 aromatic heterocycles. The van der Waals surface area contributed by atoms with Crippen molar-refractivity contribution >= 4 is 15.5 Å². The molecule has 0 amide bonds. The molecule has 0 saturated carbocycles. The van der Waals surface area contributed by atoms with Gasteiger partial charge in [0.1, 0.15) is 23.7 Å². The molecular weight excluding hydrogens is 419 g/mol. The summed E-state index contributed by atoms with van der Waals surface area (Å²) in [5.41, 5.74) is 3.73. The SMILES string of the molecule is CS(=O)(=O)c1ccc(-c2cnc(CCc3c(F)ccc4c3CCO4)n3cnnc23)cc1. The van der Waals surface area contributed by atoms with Crippen LogP contribution in [-0.2, 0) is 29.1 Å². The van der Waals surface area contributed by atoms with Crippen LogP contribution in [0.4, 0.5) is 4.39 Å². The fourth-order valence-electron chi connectivity index (χ4n) is 3.96. The monoisotopic (exact) mass is 438 g/mol. The first-order valence-electron chi connectivity index (χ1n) is 9.83. The minimum absolute atomic E-state index is 0.230. The van der Waals surface area contributed by atoms with Crippen LogP contribution in [0.25, 0.3) is 16.8 Å². The molecule has 158 valence electrons. The van der Waals surface area contributed by atoms with E-state index in [0.29, 0.717) is 42.9 Å². The predicted molar refractivity (Wildman–Crippen MR) is 112 cm³/mol. The van der Waals surface area contributed by atoms with Crippen LogP contribution in [0.2, 0.25) is 0 Å². The molecule has 1 aliphatic heterocycles. The fraction of sp³-hybridized carbons (Fsp3) is 0.227. The van der Waals surface area contributed by atoms with Crippen molar-refractivity contribution in [1.82, 2.24) is 19.6 Å². The molecule has 4 aromatic rings. The minimum Gasteiger partial charge on any atom is -0.493 e. The number of benzene rings is 2. The van der Waals surface area contributed by atoms with E-state index in [9.17, 15) is 12.8 Å². The van der Waals surface area contributed by atoms with Crippen LogP contribution in [0.1, 0.15) is 17.0 Å². The zero-order chi connectivity index (χ0) is 21.6. The number of nitrogens with zero attached hydrogens (tertiary/aromatic N) is 4. The second kappa shape index (κ2) is 7.42. The second-order valence-corrected chi connectivity index (χ2v) is 9.53. The summed E-state index contributed by atoms with van der Waals surface area (Å²) in [5.74, 6) is 1.24. The van der Waals surface area contributed by atoms with Crippen molar-refractivity contribution < 1.29 is 17.5 Å². The van der Waals surface area contributed by atoms with E-state index >= 15 is 0 Å². The molecule has 7 nitrogen and oxygen atoms in total. The third-order valence-corrected chi connectivity index (χ3v) is 6.67. The number of aryl methyl sites for hydroxylation is 1. The zero-order valence-electron chi connectivity index (χ0n) is 16.7. The lowest BCUT2D eigenvalue weighted by atomic mass is 10.00. The standard InChI is InChI=1S/C22H19FN4O3S/c1-31(28,29)15-4-2-14(3-5-15)18-12-24-21(27-13-25-26-22(18)27)9-6-16-17-10-11-30-20(17)8-7-19(16)23/h2-5,7-8,12-13H,6,9-11H2,1H3. The number of hydrogen-bond acceptors (Lipinski definition) is 6. The normalized spacial score (nSPS) is 13.4. The third kappa shape index (κ3) is 3.54. The lowest BCUT2D eigenvalue weighted by molar-refractivity contribution is 0.356. The first kappa shape index (κ1) is 19.6. The average Bonchev–Trinajstić information content (AvgIpc) is 3.42. The maximum atomic E-state index is 14.5. The van der Waals surface area contributed by atoms with Gasteiger partial charge in [0, 0.05) is 36.4 Å². The number of rotatable bonds is 5. The Balaban J connectivity index is 1.47. The smallest absolute Gasteiger partial charge is 0.175 e. The van der Waals surface area contributed by atoms with Crippen molar-refractivity contribution in [3.63, 3.8) is 0 Å². The van der Waals surface area contributed by atoms with Crippen LogP contribution >= 0.6 is 0 Å². The summed E-state index contributed by atoms with van der Waals surface area (Å²) < 4.78 is 45.2. The van der Waals surface area contributed by atoms with Crippen LogP contribution in [-0.4, -0.2) is 40.9 Å². The van der Waals surface area contributed by atoms with E-state index in [-0.39, 0.29) is 10.7 Å². The van der Waals surface area contributed by atoms with E-state index in [1.807, 2.05) is 0 Å². The lowest BCUT2D eigenvalue weighted by Gasteiger charge is -2.11. The molecule has 0 aliphatic carbocycles. The van der Waals surface area contributed by atoms with E-state index in [1.165, 1.54) is 12.3 Å². The quantitative estimate of drug-likeness (QED) is 0.476. The van der Waals surface area contributed by atoms with Crippen molar-refractivity contribution in [2.24, 2.45) is 0 Å². The number of sulfone groups is 1. The van der Waals surface area contributed by atoms with Gasteiger partial charge >= 0.3 is 0 Å².